The summed E-state index contributed by atoms with van der Waals surface area (Å²) in [5, 5.41) is 7.81. The molecule has 0 atom stereocenters. The summed E-state index contributed by atoms with van der Waals surface area (Å²) in [6.45, 7) is 7.68. The van der Waals surface area contributed by atoms with Crippen LogP contribution in [0, 0.1) is 20.8 Å². The highest BCUT2D eigenvalue weighted by atomic mass is 32.1. The highest BCUT2D eigenvalue weighted by molar-refractivity contribution is 7.11. The molecular weight excluding hydrogens is 332 g/mol. The van der Waals surface area contributed by atoms with Crippen LogP contribution < -0.4 is 10.6 Å². The summed E-state index contributed by atoms with van der Waals surface area (Å²) in [4.78, 5) is 14.8. The predicted octanol–water partition coefficient (Wildman–Crippen LogP) is 2.62. The lowest BCUT2D eigenvalue weighted by Gasteiger charge is -2.10. The summed E-state index contributed by atoms with van der Waals surface area (Å²) in [6, 6.07) is 6.12. The van der Waals surface area contributed by atoms with E-state index in [1.807, 2.05) is 12.1 Å². The molecule has 3 aromatic heterocycles. The molecular formula is C18H24N6S. The number of guanidine groups is 1. The molecule has 6 nitrogen and oxygen atoms in total. The zero-order valence-corrected chi connectivity index (χ0v) is 15.9. The molecule has 7 heteroatoms. The maximum atomic E-state index is 4.63. The van der Waals surface area contributed by atoms with Gasteiger partial charge in [-0.15, -0.1) is 11.3 Å². The zero-order chi connectivity index (χ0) is 17.8. The summed E-state index contributed by atoms with van der Waals surface area (Å²) in [7, 11) is 1.78. The van der Waals surface area contributed by atoms with Gasteiger partial charge in [-0.25, -0.2) is 9.97 Å². The second-order valence-corrected chi connectivity index (χ2v) is 7.27. The van der Waals surface area contributed by atoms with Crippen molar-refractivity contribution in [2.75, 3.05) is 13.6 Å². The first-order chi connectivity index (χ1) is 12.1. The molecule has 0 bridgehead atoms. The van der Waals surface area contributed by atoms with Crippen LogP contribution in [0.25, 0.3) is 5.65 Å². The smallest absolute Gasteiger partial charge is 0.191 e. The van der Waals surface area contributed by atoms with Crippen LogP contribution in [0.3, 0.4) is 0 Å². The van der Waals surface area contributed by atoms with E-state index < -0.39 is 0 Å². The van der Waals surface area contributed by atoms with Crippen molar-refractivity contribution < 1.29 is 0 Å². The van der Waals surface area contributed by atoms with Crippen molar-refractivity contribution in [2.24, 2.45) is 4.99 Å². The Bertz CT molecular complexity index is 873. The van der Waals surface area contributed by atoms with Gasteiger partial charge in [0.15, 0.2) is 5.96 Å². The maximum Gasteiger partial charge on any atom is 0.191 e. The van der Waals surface area contributed by atoms with E-state index in [9.17, 15) is 0 Å². The van der Waals surface area contributed by atoms with Gasteiger partial charge in [-0.2, -0.15) is 0 Å². The van der Waals surface area contributed by atoms with Gasteiger partial charge in [0.25, 0.3) is 0 Å². The van der Waals surface area contributed by atoms with E-state index in [1.165, 1.54) is 10.6 Å². The Balaban J connectivity index is 1.52. The number of imidazole rings is 1. The summed E-state index contributed by atoms with van der Waals surface area (Å²) in [5.41, 5.74) is 4.26. The van der Waals surface area contributed by atoms with E-state index in [0.29, 0.717) is 6.54 Å². The molecule has 132 valence electrons. The number of hydrogen-bond donors (Lipinski definition) is 2. The van der Waals surface area contributed by atoms with E-state index in [-0.39, 0.29) is 0 Å². The van der Waals surface area contributed by atoms with Crippen LogP contribution in [0.1, 0.15) is 27.0 Å². The lowest BCUT2D eigenvalue weighted by atomic mass is 10.4. The molecule has 2 N–H and O–H groups in total. The van der Waals surface area contributed by atoms with Crippen LogP contribution in [0.4, 0.5) is 0 Å². The van der Waals surface area contributed by atoms with Crippen molar-refractivity contribution in [2.45, 2.75) is 33.7 Å². The first kappa shape index (κ1) is 17.4. The van der Waals surface area contributed by atoms with Crippen molar-refractivity contribution in [3.8, 4) is 0 Å². The molecule has 0 aromatic carbocycles. The Hall–Kier alpha value is -2.41. The highest BCUT2D eigenvalue weighted by Gasteiger charge is 2.06. The van der Waals surface area contributed by atoms with Crippen molar-refractivity contribution in [1.29, 1.82) is 0 Å². The van der Waals surface area contributed by atoms with Gasteiger partial charge < -0.3 is 15.0 Å². The fraction of sp³-hybridized carbons (Fsp3) is 0.389. The Morgan fingerprint density at radius 3 is 2.72 bits per heavy atom. The predicted molar refractivity (Wildman–Crippen MR) is 103 cm³/mol. The number of thiazole rings is 1. The van der Waals surface area contributed by atoms with E-state index >= 15 is 0 Å². The number of aromatic nitrogens is 3. The molecule has 0 radical (unpaired) electrons. The number of rotatable bonds is 5. The Labute approximate surface area is 152 Å². The van der Waals surface area contributed by atoms with Gasteiger partial charge in [0.05, 0.1) is 22.9 Å². The molecule has 0 spiro atoms. The number of nitrogens with one attached hydrogen (secondary N) is 2. The molecule has 0 aliphatic rings. The second kappa shape index (κ2) is 7.65. The minimum absolute atomic E-state index is 0.635. The van der Waals surface area contributed by atoms with Crippen LogP contribution in [0.15, 0.2) is 29.4 Å². The van der Waals surface area contributed by atoms with E-state index in [4.69, 9.17) is 0 Å². The number of fused-ring (bicyclic) bond motifs is 1. The van der Waals surface area contributed by atoms with E-state index in [1.54, 1.807) is 18.4 Å². The normalized spacial score (nSPS) is 11.9. The van der Waals surface area contributed by atoms with Crippen LogP contribution >= 0.6 is 11.3 Å². The van der Waals surface area contributed by atoms with Crippen molar-refractivity contribution in [3.63, 3.8) is 0 Å². The second-order valence-electron chi connectivity index (χ2n) is 5.98. The van der Waals surface area contributed by atoms with Gasteiger partial charge in [0.1, 0.15) is 5.65 Å². The fourth-order valence-electron chi connectivity index (χ4n) is 2.61. The molecule has 0 aliphatic carbocycles. The first-order valence-corrected chi connectivity index (χ1v) is 9.19. The standard InChI is InChI=1S/C18H24N6S/c1-12-6-5-7-16-23-15(11-24(12)16)10-21-18(19-4)20-9-8-17-22-13(2)14(3)25-17/h5-7,11H,8-10H2,1-4H3,(H2,19,20,21). The van der Waals surface area contributed by atoms with Gasteiger partial charge in [0.2, 0.25) is 0 Å². The lowest BCUT2D eigenvalue weighted by molar-refractivity contribution is 0.783. The van der Waals surface area contributed by atoms with Gasteiger partial charge in [0, 0.05) is 36.8 Å². The molecule has 0 saturated heterocycles. The van der Waals surface area contributed by atoms with Gasteiger partial charge in [-0.1, -0.05) is 6.07 Å². The molecule has 25 heavy (non-hydrogen) atoms. The zero-order valence-electron chi connectivity index (χ0n) is 15.1. The van der Waals surface area contributed by atoms with Crippen molar-refractivity contribution >= 4 is 22.9 Å². The number of hydrogen-bond acceptors (Lipinski definition) is 4. The monoisotopic (exact) mass is 356 g/mol. The molecule has 0 unspecified atom stereocenters. The average molecular weight is 356 g/mol. The molecule has 0 fully saturated rings. The summed E-state index contributed by atoms with van der Waals surface area (Å²) >= 11 is 1.76. The summed E-state index contributed by atoms with van der Waals surface area (Å²) < 4.78 is 2.10. The summed E-state index contributed by atoms with van der Waals surface area (Å²) in [6.07, 6.45) is 2.96. The highest BCUT2D eigenvalue weighted by Crippen LogP contribution is 2.16. The minimum Gasteiger partial charge on any atom is -0.356 e. The Kier molecular flexibility index (Phi) is 5.33. The van der Waals surface area contributed by atoms with Crippen LogP contribution in [0.5, 0.6) is 0 Å². The molecule has 3 aromatic rings. The summed E-state index contributed by atoms with van der Waals surface area (Å²) in [5.74, 6) is 0.777. The Morgan fingerprint density at radius 1 is 1.20 bits per heavy atom. The van der Waals surface area contributed by atoms with Gasteiger partial charge in [-0.3, -0.25) is 4.99 Å². The first-order valence-electron chi connectivity index (χ1n) is 8.38. The number of nitrogens with zero attached hydrogens (tertiary/aromatic N) is 4. The molecule has 0 amide bonds. The van der Waals surface area contributed by atoms with Crippen molar-refractivity contribution in [1.82, 2.24) is 25.0 Å². The third-order valence-corrected chi connectivity index (χ3v) is 5.24. The quantitative estimate of drug-likeness (QED) is 0.545. The maximum absolute atomic E-state index is 4.63. The number of aliphatic imine (C=N–C) groups is 1. The molecule has 3 heterocycles. The Morgan fingerprint density at radius 2 is 2.04 bits per heavy atom. The topological polar surface area (TPSA) is 66.6 Å². The van der Waals surface area contributed by atoms with E-state index in [0.717, 1.165) is 41.0 Å². The molecule has 3 rings (SSSR count). The SMILES string of the molecule is CN=C(NCCc1nc(C)c(C)s1)NCc1cn2c(C)cccc2n1. The average Bonchev–Trinajstić information content (AvgIpc) is 3.15. The van der Waals surface area contributed by atoms with Gasteiger partial charge >= 0.3 is 0 Å². The third kappa shape index (κ3) is 4.17. The van der Waals surface area contributed by atoms with Crippen LogP contribution in [-0.2, 0) is 13.0 Å². The van der Waals surface area contributed by atoms with Gasteiger partial charge in [-0.05, 0) is 32.9 Å². The third-order valence-electron chi connectivity index (χ3n) is 4.11. The largest absolute Gasteiger partial charge is 0.356 e. The fourth-order valence-corrected chi connectivity index (χ4v) is 3.55. The number of aryl methyl sites for hydroxylation is 3. The lowest BCUT2D eigenvalue weighted by Crippen LogP contribution is -2.37. The molecule has 0 saturated carbocycles. The molecule has 0 aliphatic heterocycles. The van der Waals surface area contributed by atoms with E-state index in [2.05, 4.69) is 63.0 Å². The van der Waals surface area contributed by atoms with Crippen LogP contribution in [-0.4, -0.2) is 33.9 Å². The van der Waals surface area contributed by atoms with Crippen LogP contribution in [0.2, 0.25) is 0 Å². The minimum atomic E-state index is 0.635. The number of pyridine rings is 1. The van der Waals surface area contributed by atoms with Crippen molar-refractivity contribution in [3.05, 3.63) is 51.4 Å².